The molecule has 0 spiro atoms. The molecule has 0 bridgehead atoms. The lowest BCUT2D eigenvalue weighted by Crippen LogP contribution is -2.30. The summed E-state index contributed by atoms with van der Waals surface area (Å²) < 4.78 is 68.5. The SMILES string of the molecule is CC/C=C\C/C=C\C/C=C\C/C=C\C/C=C\C/C=C\CCC(=O)OC[C@H](COP(=O)(O)OC[C@@H](O)COP(=O)(O)OC[C@@H](COC(=O)CCCCCCC/C=C\C/C=C\CCCCC)OC(=O)CC/C=C\C/C=C\C/C=C\C/C=C\C/C=C\C/C=C\CC)OC(=O)CCCCCCC/C=C\C/C=C\CCCCC. The number of phosphoric acid groups is 2. The molecule has 0 saturated carbocycles. The fraction of sp³-hybridized carbons (Fsp3) is 0.596. The summed E-state index contributed by atoms with van der Waals surface area (Å²) in [5, 5.41) is 10.7. The lowest BCUT2D eigenvalue weighted by Gasteiger charge is -2.21. The van der Waals surface area contributed by atoms with Crippen LogP contribution in [0, 0.1) is 0 Å². The minimum absolute atomic E-state index is 0.0240. The zero-order chi connectivity index (χ0) is 78.9. The molecule has 0 radical (unpaired) electrons. The number of allylic oxidation sites excluding steroid dienone is 32. The van der Waals surface area contributed by atoms with Crippen LogP contribution in [0.15, 0.2) is 194 Å². The molecule has 0 fully saturated rings. The molecule has 0 aromatic rings. The molecule has 3 N–H and O–H groups in total. The molecule has 0 aromatic carbocycles. The minimum atomic E-state index is -5.02. The van der Waals surface area contributed by atoms with E-state index in [0.29, 0.717) is 38.5 Å². The first-order valence-electron chi connectivity index (χ1n) is 40.7. The Labute approximate surface area is 653 Å². The molecule has 0 aliphatic heterocycles. The second-order valence-corrected chi connectivity index (χ2v) is 29.1. The lowest BCUT2D eigenvalue weighted by atomic mass is 10.1. The fourth-order valence-electron chi connectivity index (χ4n) is 9.92. The molecule has 0 rings (SSSR count). The van der Waals surface area contributed by atoms with Crippen LogP contribution in [0.4, 0.5) is 0 Å². The number of hydrogen-bond donors (Lipinski definition) is 3. The maximum atomic E-state index is 13.1. The zero-order valence-electron chi connectivity index (χ0n) is 66.7. The van der Waals surface area contributed by atoms with Gasteiger partial charge in [-0.2, -0.15) is 0 Å². The van der Waals surface area contributed by atoms with Gasteiger partial charge in [-0.15, -0.1) is 0 Å². The van der Waals surface area contributed by atoms with Crippen LogP contribution in [0.2, 0.25) is 0 Å². The molecule has 19 heteroatoms. The summed E-state index contributed by atoms with van der Waals surface area (Å²) in [4.78, 5) is 73.0. The van der Waals surface area contributed by atoms with Gasteiger partial charge in [0.15, 0.2) is 12.2 Å². The van der Waals surface area contributed by atoms with Crippen molar-refractivity contribution in [3.8, 4) is 0 Å². The van der Waals surface area contributed by atoms with Crippen molar-refractivity contribution in [1.82, 2.24) is 0 Å². The number of rotatable bonds is 74. The van der Waals surface area contributed by atoms with Gasteiger partial charge < -0.3 is 33.8 Å². The Kier molecular flexibility index (Phi) is 74.5. The average molecular weight is 1550 g/mol. The van der Waals surface area contributed by atoms with Gasteiger partial charge in [0.05, 0.1) is 26.4 Å². The van der Waals surface area contributed by atoms with Crippen LogP contribution in [0.3, 0.4) is 0 Å². The second-order valence-electron chi connectivity index (χ2n) is 26.2. The topological polar surface area (TPSA) is 237 Å². The van der Waals surface area contributed by atoms with Crippen molar-refractivity contribution >= 4 is 39.5 Å². The summed E-state index contributed by atoms with van der Waals surface area (Å²) in [7, 11) is -10.0. The third-order valence-corrected chi connectivity index (χ3v) is 18.0. The Morgan fingerprint density at radius 3 is 0.815 bits per heavy atom. The van der Waals surface area contributed by atoms with Gasteiger partial charge >= 0.3 is 39.5 Å². The van der Waals surface area contributed by atoms with Gasteiger partial charge in [-0.25, -0.2) is 9.13 Å². The van der Waals surface area contributed by atoms with Gasteiger partial charge in [-0.05, 0) is 167 Å². The Morgan fingerprint density at radius 1 is 0.269 bits per heavy atom. The predicted octanol–water partition coefficient (Wildman–Crippen LogP) is 24.1. The standard InChI is InChI=1S/C89H142O17P2/c1-5-9-13-17-21-25-29-33-37-39-41-43-47-50-54-58-62-66-70-74-87(92)100-80-84(105-88(93)75-71-67-63-59-55-51-46-36-32-28-24-20-16-12-8-4)81-103-107(95,96)101-77-83(90)78-102-108(97,98)104-82-85(79-99-86(91)73-69-65-61-57-53-49-45-35-31-27-23-19-15-11-7-3)106-89(94)76-72-68-64-60-56-52-48-44-42-40-38-34-30-26-22-18-14-10-6-2/h9-10,13-14,21-28,33-38,41-46,50,52,54,56,62,64,66,68,83-85,90H,5-8,11-12,15-20,29-32,39-40,47-49,51,53,55,57-61,63,65,67,69-82H2,1-4H3,(H,95,96)(H,97,98)/b13-9-,14-10-,25-21-,26-22-,27-23-,28-24-,37-33-,38-34-,43-41-,44-42-,45-35-,46-36-,54-50-,56-52-,66-62-,68-64-/t83-,84-,85-/m1/s1. The summed E-state index contributed by atoms with van der Waals surface area (Å²) in [6, 6.07) is 0. The van der Waals surface area contributed by atoms with Crippen LogP contribution in [-0.4, -0.2) is 96.7 Å². The van der Waals surface area contributed by atoms with Gasteiger partial charge in [0.1, 0.15) is 19.3 Å². The molecular formula is C89H142O17P2. The molecule has 0 aliphatic rings. The van der Waals surface area contributed by atoms with Gasteiger partial charge in [-0.1, -0.05) is 286 Å². The van der Waals surface area contributed by atoms with E-state index < -0.39 is 97.5 Å². The summed E-state index contributed by atoms with van der Waals surface area (Å²) >= 11 is 0. The first-order chi connectivity index (χ1) is 52.7. The second kappa shape index (κ2) is 79.0. The predicted molar refractivity (Wildman–Crippen MR) is 445 cm³/mol. The number of aliphatic hydroxyl groups is 1. The number of aliphatic hydroxyl groups excluding tert-OH is 1. The van der Waals surface area contributed by atoms with Crippen molar-refractivity contribution in [2.45, 2.75) is 303 Å². The van der Waals surface area contributed by atoms with Gasteiger partial charge in [-0.3, -0.25) is 37.3 Å². The van der Waals surface area contributed by atoms with E-state index in [0.717, 1.165) is 154 Å². The maximum absolute atomic E-state index is 13.1. The molecule has 0 aromatic heterocycles. The van der Waals surface area contributed by atoms with Crippen LogP contribution in [-0.2, 0) is 65.4 Å². The molecule has 0 amide bonds. The van der Waals surface area contributed by atoms with Gasteiger partial charge in [0.25, 0.3) is 0 Å². The largest absolute Gasteiger partial charge is 0.472 e. The lowest BCUT2D eigenvalue weighted by molar-refractivity contribution is -0.161. The quantitative estimate of drug-likeness (QED) is 0.0169. The van der Waals surface area contributed by atoms with Crippen molar-refractivity contribution in [3.05, 3.63) is 194 Å². The number of unbranched alkanes of at least 4 members (excludes halogenated alkanes) is 16. The van der Waals surface area contributed by atoms with Crippen LogP contribution in [0.25, 0.3) is 0 Å². The highest BCUT2D eigenvalue weighted by atomic mass is 31.2. The van der Waals surface area contributed by atoms with Crippen LogP contribution in [0.1, 0.15) is 285 Å². The molecule has 17 nitrogen and oxygen atoms in total. The number of carbonyl (C=O) groups is 4. The van der Waals surface area contributed by atoms with E-state index in [4.69, 9.17) is 37.0 Å². The molecule has 0 heterocycles. The number of hydrogen-bond acceptors (Lipinski definition) is 15. The van der Waals surface area contributed by atoms with Crippen molar-refractivity contribution in [2.75, 3.05) is 39.6 Å². The van der Waals surface area contributed by atoms with E-state index in [1.165, 1.54) is 38.5 Å². The highest BCUT2D eigenvalue weighted by Crippen LogP contribution is 2.45. The Bertz CT molecular complexity index is 2810. The summed E-state index contributed by atoms with van der Waals surface area (Å²) in [5.74, 6) is -2.42. The Hall–Kier alpha value is -6.10. The monoisotopic (exact) mass is 1540 g/mol. The molecular weight excluding hydrogens is 1400 g/mol. The minimum Gasteiger partial charge on any atom is -0.462 e. The Balaban J connectivity index is 5.55. The molecule has 5 atom stereocenters. The number of phosphoric ester groups is 2. The first-order valence-corrected chi connectivity index (χ1v) is 43.7. The summed E-state index contributed by atoms with van der Waals surface area (Å²) in [5.41, 5.74) is 0. The number of carbonyl (C=O) groups excluding carboxylic acids is 4. The summed E-state index contributed by atoms with van der Waals surface area (Å²) in [6.45, 7) is 4.37. The van der Waals surface area contributed by atoms with Gasteiger partial charge in [0.2, 0.25) is 0 Å². The number of esters is 4. The molecule has 0 saturated heterocycles. The molecule has 2 unspecified atom stereocenters. The van der Waals surface area contributed by atoms with Crippen molar-refractivity contribution in [1.29, 1.82) is 0 Å². The van der Waals surface area contributed by atoms with E-state index in [-0.39, 0.29) is 25.7 Å². The Morgan fingerprint density at radius 2 is 0.500 bits per heavy atom. The van der Waals surface area contributed by atoms with E-state index >= 15 is 0 Å². The highest BCUT2D eigenvalue weighted by Gasteiger charge is 2.30. The molecule has 0 aliphatic carbocycles. The zero-order valence-corrected chi connectivity index (χ0v) is 68.5. The van der Waals surface area contributed by atoms with Crippen LogP contribution in [0.5, 0.6) is 0 Å². The maximum Gasteiger partial charge on any atom is 0.472 e. The van der Waals surface area contributed by atoms with Gasteiger partial charge in [0, 0.05) is 25.7 Å². The summed E-state index contributed by atoms with van der Waals surface area (Å²) in [6.07, 6.45) is 97.2. The smallest absolute Gasteiger partial charge is 0.462 e. The van der Waals surface area contributed by atoms with Crippen molar-refractivity contribution in [2.24, 2.45) is 0 Å². The van der Waals surface area contributed by atoms with Crippen molar-refractivity contribution in [3.63, 3.8) is 0 Å². The van der Waals surface area contributed by atoms with E-state index in [2.05, 4.69) is 186 Å². The van der Waals surface area contributed by atoms with E-state index in [9.17, 15) is 43.2 Å². The third-order valence-electron chi connectivity index (χ3n) is 16.1. The average Bonchev–Trinajstić information content (AvgIpc) is 0.914. The molecule has 108 heavy (non-hydrogen) atoms. The van der Waals surface area contributed by atoms with E-state index in [1.807, 2.05) is 36.5 Å². The first kappa shape index (κ1) is 102. The fourth-order valence-corrected chi connectivity index (χ4v) is 11.5. The van der Waals surface area contributed by atoms with E-state index in [1.54, 1.807) is 0 Å². The normalized spacial score (nSPS) is 14.8. The van der Waals surface area contributed by atoms with Crippen LogP contribution < -0.4 is 0 Å². The van der Waals surface area contributed by atoms with Crippen molar-refractivity contribution < 1.29 is 80.2 Å². The number of ether oxygens (including phenoxy) is 4. The highest BCUT2D eigenvalue weighted by molar-refractivity contribution is 7.47. The van der Waals surface area contributed by atoms with Crippen LogP contribution >= 0.6 is 15.6 Å². The molecule has 610 valence electrons. The third kappa shape index (κ3) is 78.0.